The molecule has 0 bridgehead atoms. The van der Waals surface area contributed by atoms with Crippen molar-refractivity contribution in [2.24, 2.45) is 5.92 Å². The normalized spacial score (nSPS) is 28.5. The zero-order chi connectivity index (χ0) is 13.2. The fraction of sp³-hybridized carbons (Fsp3) is 0.667. The van der Waals surface area contributed by atoms with Gasteiger partial charge in [-0.05, 0) is 36.8 Å². The molecule has 0 spiro atoms. The second-order valence-corrected chi connectivity index (χ2v) is 6.22. The molecule has 1 aromatic rings. The van der Waals surface area contributed by atoms with Crippen LogP contribution >= 0.6 is 11.6 Å². The van der Waals surface area contributed by atoms with Crippen LogP contribution in [0.1, 0.15) is 31.7 Å². The molecular weight excluding hydrogens is 258 g/mol. The van der Waals surface area contributed by atoms with Gasteiger partial charge in [-0.3, -0.25) is 9.88 Å². The van der Waals surface area contributed by atoms with Crippen LogP contribution in [0.25, 0.3) is 0 Å². The Morgan fingerprint density at radius 2 is 2.32 bits per heavy atom. The Balaban J connectivity index is 1.70. The Bertz CT molecular complexity index is 433. The Kier molecular flexibility index (Phi) is 4.06. The molecule has 19 heavy (non-hydrogen) atoms. The molecule has 2 heterocycles. The summed E-state index contributed by atoms with van der Waals surface area (Å²) >= 11 is 6.24. The molecule has 1 aliphatic heterocycles. The maximum atomic E-state index is 6.24. The molecule has 0 amide bonds. The van der Waals surface area contributed by atoms with E-state index in [-0.39, 0.29) is 0 Å². The third-order valence-corrected chi connectivity index (χ3v) is 4.80. The summed E-state index contributed by atoms with van der Waals surface area (Å²) in [7, 11) is 0. The van der Waals surface area contributed by atoms with Crippen molar-refractivity contribution in [2.45, 2.75) is 44.8 Å². The highest BCUT2D eigenvalue weighted by molar-refractivity contribution is 6.31. The molecule has 1 aromatic heterocycles. The highest BCUT2D eigenvalue weighted by Gasteiger charge is 2.36. The van der Waals surface area contributed by atoms with Gasteiger partial charge in [0.05, 0.1) is 5.02 Å². The molecule has 0 aromatic carbocycles. The van der Waals surface area contributed by atoms with Crippen LogP contribution in [0.2, 0.25) is 5.02 Å². The van der Waals surface area contributed by atoms with E-state index < -0.39 is 0 Å². The highest BCUT2D eigenvalue weighted by Crippen LogP contribution is 2.35. The van der Waals surface area contributed by atoms with E-state index in [2.05, 4.69) is 22.1 Å². The summed E-state index contributed by atoms with van der Waals surface area (Å²) in [5.41, 5.74) is 1.20. The van der Waals surface area contributed by atoms with Crippen LogP contribution in [-0.4, -0.2) is 35.1 Å². The Hall–Kier alpha value is -0.640. The highest BCUT2D eigenvalue weighted by atomic mass is 35.5. The van der Waals surface area contributed by atoms with E-state index in [1.54, 1.807) is 6.20 Å². The molecule has 0 radical (unpaired) electrons. The van der Waals surface area contributed by atoms with Gasteiger partial charge in [0.15, 0.2) is 0 Å². The summed E-state index contributed by atoms with van der Waals surface area (Å²) in [6, 6.07) is 3.35. The third kappa shape index (κ3) is 3.10. The number of piperazine rings is 1. The predicted octanol–water partition coefficient (Wildman–Crippen LogP) is 2.70. The van der Waals surface area contributed by atoms with E-state index >= 15 is 0 Å². The number of nitrogens with zero attached hydrogens (tertiary/aromatic N) is 2. The number of hydrogen-bond donors (Lipinski definition) is 1. The summed E-state index contributed by atoms with van der Waals surface area (Å²) in [5.74, 6) is 0.910. The summed E-state index contributed by atoms with van der Waals surface area (Å²) in [6.07, 6.45) is 7.57. The smallest absolute Gasteiger partial charge is 0.0634 e. The SMILES string of the molecule is CCC1CNC(C2CC2)CN1Cc1ccncc1Cl. The van der Waals surface area contributed by atoms with Crippen molar-refractivity contribution in [1.29, 1.82) is 0 Å². The molecule has 2 aliphatic rings. The molecular formula is C15H22ClN3. The van der Waals surface area contributed by atoms with Gasteiger partial charge in [-0.1, -0.05) is 18.5 Å². The van der Waals surface area contributed by atoms with Crippen LogP contribution in [0.4, 0.5) is 0 Å². The zero-order valence-corrected chi connectivity index (χ0v) is 12.2. The van der Waals surface area contributed by atoms with Gasteiger partial charge in [0, 0.05) is 44.1 Å². The number of aromatic nitrogens is 1. The average molecular weight is 280 g/mol. The second kappa shape index (κ2) is 5.78. The number of pyridine rings is 1. The van der Waals surface area contributed by atoms with Gasteiger partial charge in [-0.2, -0.15) is 0 Å². The maximum Gasteiger partial charge on any atom is 0.0634 e. The molecule has 4 heteroatoms. The molecule has 1 saturated heterocycles. The fourth-order valence-electron chi connectivity index (χ4n) is 3.04. The monoisotopic (exact) mass is 279 g/mol. The molecule has 2 unspecified atom stereocenters. The summed E-state index contributed by atoms with van der Waals surface area (Å²) in [4.78, 5) is 6.67. The van der Waals surface area contributed by atoms with Crippen molar-refractivity contribution < 1.29 is 0 Å². The lowest BCUT2D eigenvalue weighted by atomic mass is 10.0. The van der Waals surface area contributed by atoms with E-state index in [9.17, 15) is 0 Å². The minimum atomic E-state index is 0.624. The van der Waals surface area contributed by atoms with Crippen molar-refractivity contribution in [3.63, 3.8) is 0 Å². The number of hydrogen-bond acceptors (Lipinski definition) is 3. The lowest BCUT2D eigenvalue weighted by Crippen LogP contribution is -2.56. The first-order valence-electron chi connectivity index (χ1n) is 7.33. The quantitative estimate of drug-likeness (QED) is 0.919. The lowest BCUT2D eigenvalue weighted by molar-refractivity contribution is 0.112. The van der Waals surface area contributed by atoms with E-state index in [4.69, 9.17) is 11.6 Å². The predicted molar refractivity (Wildman–Crippen MR) is 78.3 cm³/mol. The lowest BCUT2D eigenvalue weighted by Gasteiger charge is -2.40. The van der Waals surface area contributed by atoms with E-state index in [1.165, 1.54) is 24.8 Å². The average Bonchev–Trinajstić information content (AvgIpc) is 3.26. The molecule has 1 saturated carbocycles. The fourth-order valence-corrected chi connectivity index (χ4v) is 3.22. The molecule has 1 aliphatic carbocycles. The van der Waals surface area contributed by atoms with E-state index in [0.29, 0.717) is 12.1 Å². The Morgan fingerprint density at radius 3 is 3.00 bits per heavy atom. The Morgan fingerprint density at radius 1 is 1.47 bits per heavy atom. The van der Waals surface area contributed by atoms with Crippen LogP contribution in [0.3, 0.4) is 0 Å². The summed E-state index contributed by atoms with van der Waals surface area (Å²) in [6.45, 7) is 5.48. The van der Waals surface area contributed by atoms with Crippen LogP contribution in [0.5, 0.6) is 0 Å². The minimum Gasteiger partial charge on any atom is -0.311 e. The van der Waals surface area contributed by atoms with Gasteiger partial charge < -0.3 is 5.32 Å². The van der Waals surface area contributed by atoms with Gasteiger partial charge in [0.2, 0.25) is 0 Å². The molecule has 3 rings (SSSR count). The van der Waals surface area contributed by atoms with Gasteiger partial charge in [-0.25, -0.2) is 0 Å². The van der Waals surface area contributed by atoms with Crippen molar-refractivity contribution >= 4 is 11.6 Å². The van der Waals surface area contributed by atoms with E-state index in [0.717, 1.165) is 30.6 Å². The third-order valence-electron chi connectivity index (χ3n) is 4.46. The van der Waals surface area contributed by atoms with Crippen LogP contribution in [0.15, 0.2) is 18.5 Å². The van der Waals surface area contributed by atoms with Gasteiger partial charge >= 0.3 is 0 Å². The zero-order valence-electron chi connectivity index (χ0n) is 11.5. The van der Waals surface area contributed by atoms with Gasteiger partial charge in [-0.15, -0.1) is 0 Å². The van der Waals surface area contributed by atoms with Gasteiger partial charge in [0.25, 0.3) is 0 Å². The molecule has 2 fully saturated rings. The maximum absolute atomic E-state index is 6.24. The van der Waals surface area contributed by atoms with Gasteiger partial charge in [0.1, 0.15) is 0 Å². The second-order valence-electron chi connectivity index (χ2n) is 5.81. The van der Waals surface area contributed by atoms with E-state index in [1.807, 2.05) is 12.3 Å². The number of rotatable bonds is 4. The van der Waals surface area contributed by atoms with Crippen molar-refractivity contribution in [3.05, 3.63) is 29.0 Å². The largest absolute Gasteiger partial charge is 0.311 e. The van der Waals surface area contributed by atoms with Crippen LogP contribution in [0, 0.1) is 5.92 Å². The van der Waals surface area contributed by atoms with Crippen LogP contribution in [-0.2, 0) is 6.54 Å². The molecule has 3 nitrogen and oxygen atoms in total. The summed E-state index contributed by atoms with van der Waals surface area (Å²) < 4.78 is 0. The van der Waals surface area contributed by atoms with Crippen molar-refractivity contribution in [3.8, 4) is 0 Å². The van der Waals surface area contributed by atoms with Crippen molar-refractivity contribution in [1.82, 2.24) is 15.2 Å². The van der Waals surface area contributed by atoms with Crippen LogP contribution < -0.4 is 5.32 Å². The molecule has 1 N–H and O–H groups in total. The minimum absolute atomic E-state index is 0.624. The standard InChI is InChI=1S/C15H22ClN3/c1-2-13-7-18-15(11-3-4-11)10-19(13)9-12-5-6-17-8-14(12)16/h5-6,8,11,13,15,18H,2-4,7,9-10H2,1H3. The first-order valence-corrected chi connectivity index (χ1v) is 7.71. The Labute approximate surface area is 120 Å². The first kappa shape index (κ1) is 13.3. The molecule has 104 valence electrons. The number of halogens is 1. The number of nitrogens with one attached hydrogen (secondary N) is 1. The summed E-state index contributed by atoms with van der Waals surface area (Å²) in [5, 5.41) is 4.52. The topological polar surface area (TPSA) is 28.2 Å². The van der Waals surface area contributed by atoms with Crippen molar-refractivity contribution in [2.75, 3.05) is 13.1 Å². The first-order chi connectivity index (χ1) is 9.28. The molecule has 2 atom stereocenters.